The minimum atomic E-state index is -0.454. The van der Waals surface area contributed by atoms with Crippen molar-refractivity contribution in [2.75, 3.05) is 58.5 Å². The maximum atomic E-state index is 12.2. The lowest BCUT2D eigenvalue weighted by Gasteiger charge is -2.36. The third-order valence-corrected chi connectivity index (χ3v) is 6.73. The molecule has 198 valence electrons. The molecule has 0 atom stereocenters. The number of phenolic OH excluding ortho intramolecular Hbond substituents is 1. The monoisotopic (exact) mass is 510 g/mol. The number of rotatable bonds is 10. The molecule has 0 radical (unpaired) electrons. The zero-order valence-electron chi connectivity index (χ0n) is 21.6. The Morgan fingerprint density at radius 1 is 1.05 bits per heavy atom. The second kappa shape index (κ2) is 12.1. The van der Waals surface area contributed by atoms with Crippen LogP contribution in [0.5, 0.6) is 11.5 Å². The van der Waals surface area contributed by atoms with Crippen LogP contribution in [0.3, 0.4) is 0 Å². The molecule has 0 unspecified atom stereocenters. The molecule has 4 rings (SSSR count). The normalized spacial score (nSPS) is 14.2. The molecular formula is C28H34N2O7. The van der Waals surface area contributed by atoms with Gasteiger partial charge in [0.1, 0.15) is 23.7 Å². The molecule has 37 heavy (non-hydrogen) atoms. The first-order valence-electron chi connectivity index (χ1n) is 12.4. The molecule has 0 bridgehead atoms. The van der Waals surface area contributed by atoms with Crippen molar-refractivity contribution in [1.82, 2.24) is 4.90 Å². The van der Waals surface area contributed by atoms with Crippen LogP contribution < -0.4 is 15.3 Å². The highest BCUT2D eigenvalue weighted by Gasteiger charge is 2.23. The van der Waals surface area contributed by atoms with Crippen LogP contribution in [0.25, 0.3) is 11.0 Å². The van der Waals surface area contributed by atoms with Crippen molar-refractivity contribution < 1.29 is 28.5 Å². The van der Waals surface area contributed by atoms with Gasteiger partial charge >= 0.3 is 11.6 Å². The molecule has 1 N–H and O–H groups in total. The van der Waals surface area contributed by atoms with E-state index in [1.54, 1.807) is 20.3 Å². The number of methoxy groups -OCH3 is 2. The Morgan fingerprint density at radius 2 is 1.78 bits per heavy atom. The Hall–Kier alpha value is -3.56. The van der Waals surface area contributed by atoms with Gasteiger partial charge in [-0.1, -0.05) is 0 Å². The maximum Gasteiger partial charge on any atom is 0.336 e. The number of hydrogen-bond acceptors (Lipinski definition) is 9. The average Bonchev–Trinajstić information content (AvgIpc) is 2.90. The van der Waals surface area contributed by atoms with Crippen molar-refractivity contribution in [2.24, 2.45) is 0 Å². The van der Waals surface area contributed by atoms with Gasteiger partial charge in [0.25, 0.3) is 0 Å². The Labute approximate surface area is 216 Å². The average molecular weight is 511 g/mol. The fourth-order valence-corrected chi connectivity index (χ4v) is 4.63. The Balaban J connectivity index is 1.52. The van der Waals surface area contributed by atoms with E-state index >= 15 is 0 Å². The van der Waals surface area contributed by atoms with Gasteiger partial charge in [0, 0.05) is 63.4 Å². The molecule has 1 aromatic heterocycles. The van der Waals surface area contributed by atoms with E-state index in [0.717, 1.165) is 48.6 Å². The third-order valence-electron chi connectivity index (χ3n) is 6.73. The first-order valence-corrected chi connectivity index (χ1v) is 12.4. The number of fused-ring (bicyclic) bond motifs is 1. The lowest BCUT2D eigenvalue weighted by Crippen LogP contribution is -2.46. The molecular weight excluding hydrogens is 476 g/mol. The van der Waals surface area contributed by atoms with E-state index in [-0.39, 0.29) is 24.7 Å². The summed E-state index contributed by atoms with van der Waals surface area (Å²) in [4.78, 5) is 28.9. The fourth-order valence-electron chi connectivity index (χ4n) is 4.63. The summed E-state index contributed by atoms with van der Waals surface area (Å²) in [6.07, 6.45) is 0.434. The van der Waals surface area contributed by atoms with E-state index in [2.05, 4.69) is 21.9 Å². The number of carbonyl (C=O) groups excluding carboxylic acids is 1. The molecule has 1 aliphatic heterocycles. The predicted octanol–water partition coefficient (Wildman–Crippen LogP) is 3.26. The predicted molar refractivity (Wildman–Crippen MR) is 141 cm³/mol. The van der Waals surface area contributed by atoms with E-state index in [0.29, 0.717) is 36.3 Å². The molecule has 3 aromatic rings. The van der Waals surface area contributed by atoms with E-state index in [4.69, 9.17) is 18.6 Å². The third kappa shape index (κ3) is 6.42. The summed E-state index contributed by atoms with van der Waals surface area (Å²) in [7, 11) is 3.20. The van der Waals surface area contributed by atoms with Crippen molar-refractivity contribution in [3.63, 3.8) is 0 Å². The molecule has 2 aromatic carbocycles. The number of piperazine rings is 1. The number of ether oxygens (including phenoxy) is 3. The SMILES string of the molecule is COCCOC(=O)CCc1cc2c(C)cc(=O)oc2c(CN2CCN(c3ccc(OC)cc3)CC2)c1O. The Kier molecular flexibility index (Phi) is 8.68. The molecule has 0 saturated carbocycles. The number of aryl methyl sites for hydroxylation is 2. The summed E-state index contributed by atoms with van der Waals surface area (Å²) in [6.45, 7) is 5.99. The molecule has 1 fully saturated rings. The molecule has 0 amide bonds. The fraction of sp³-hybridized carbons (Fsp3) is 0.429. The number of aromatic hydroxyl groups is 1. The van der Waals surface area contributed by atoms with Crippen LogP contribution in [0.4, 0.5) is 5.69 Å². The van der Waals surface area contributed by atoms with Crippen molar-refractivity contribution >= 4 is 22.6 Å². The second-order valence-electron chi connectivity index (χ2n) is 9.16. The van der Waals surface area contributed by atoms with Crippen LogP contribution in [0.2, 0.25) is 0 Å². The van der Waals surface area contributed by atoms with Crippen LogP contribution >= 0.6 is 0 Å². The van der Waals surface area contributed by atoms with Crippen LogP contribution in [-0.4, -0.2) is 69.6 Å². The van der Waals surface area contributed by atoms with Gasteiger partial charge in [-0.25, -0.2) is 4.79 Å². The molecule has 9 heteroatoms. The van der Waals surface area contributed by atoms with Gasteiger partial charge in [0.05, 0.1) is 19.3 Å². The van der Waals surface area contributed by atoms with Gasteiger partial charge in [-0.15, -0.1) is 0 Å². The van der Waals surface area contributed by atoms with Gasteiger partial charge < -0.3 is 28.6 Å². The maximum absolute atomic E-state index is 12.2. The van der Waals surface area contributed by atoms with Crippen LogP contribution in [0.15, 0.2) is 45.6 Å². The summed E-state index contributed by atoms with van der Waals surface area (Å²) in [5.74, 6) is 0.525. The van der Waals surface area contributed by atoms with Crippen molar-refractivity contribution in [2.45, 2.75) is 26.3 Å². The van der Waals surface area contributed by atoms with Gasteiger partial charge in [-0.2, -0.15) is 0 Å². The minimum absolute atomic E-state index is 0.0588. The topological polar surface area (TPSA) is 102 Å². The van der Waals surface area contributed by atoms with Crippen LogP contribution in [0.1, 0.15) is 23.1 Å². The highest BCUT2D eigenvalue weighted by molar-refractivity contribution is 5.86. The number of hydrogen-bond donors (Lipinski definition) is 1. The number of anilines is 1. The van der Waals surface area contributed by atoms with Gasteiger partial charge in [0.15, 0.2) is 0 Å². The number of benzene rings is 2. The standard InChI is InChI=1S/C28H34N2O7/c1-19-16-26(32)37-28-23(19)17-20(4-9-25(31)36-15-14-34-2)27(33)24(28)18-29-10-12-30(13-11-29)21-5-7-22(35-3)8-6-21/h5-8,16-17,33H,4,9-15,18H2,1-3H3. The van der Waals surface area contributed by atoms with Gasteiger partial charge in [-0.3, -0.25) is 9.69 Å². The molecule has 0 aliphatic carbocycles. The molecule has 1 saturated heterocycles. The summed E-state index contributed by atoms with van der Waals surface area (Å²) in [6, 6.07) is 11.3. The molecule has 2 heterocycles. The lowest BCUT2D eigenvalue weighted by molar-refractivity contribution is -0.144. The quantitative estimate of drug-likeness (QED) is 0.250. The highest BCUT2D eigenvalue weighted by Crippen LogP contribution is 2.34. The number of carbonyl (C=O) groups is 1. The zero-order chi connectivity index (χ0) is 26.4. The van der Waals surface area contributed by atoms with Crippen LogP contribution in [-0.2, 0) is 27.2 Å². The highest BCUT2D eigenvalue weighted by atomic mass is 16.6. The van der Waals surface area contributed by atoms with Crippen molar-refractivity contribution in [1.29, 1.82) is 0 Å². The first-order chi connectivity index (χ1) is 17.9. The summed E-state index contributed by atoms with van der Waals surface area (Å²) in [5.41, 5.74) is 3.03. The Morgan fingerprint density at radius 3 is 2.46 bits per heavy atom. The largest absolute Gasteiger partial charge is 0.507 e. The van der Waals surface area contributed by atoms with Crippen LogP contribution in [0, 0.1) is 6.92 Å². The van der Waals surface area contributed by atoms with Gasteiger partial charge in [0.2, 0.25) is 0 Å². The molecule has 0 spiro atoms. The second-order valence-corrected chi connectivity index (χ2v) is 9.16. The molecule has 1 aliphatic rings. The van der Waals surface area contributed by atoms with E-state index < -0.39 is 5.63 Å². The summed E-state index contributed by atoms with van der Waals surface area (Å²) < 4.78 is 20.9. The summed E-state index contributed by atoms with van der Waals surface area (Å²) in [5, 5.41) is 12.0. The number of nitrogens with zero attached hydrogens (tertiary/aromatic N) is 2. The summed E-state index contributed by atoms with van der Waals surface area (Å²) >= 11 is 0. The smallest absolute Gasteiger partial charge is 0.336 e. The first kappa shape index (κ1) is 26.5. The van der Waals surface area contributed by atoms with Crippen molar-refractivity contribution in [3.05, 3.63) is 63.5 Å². The lowest BCUT2D eigenvalue weighted by atomic mass is 9.98. The van der Waals surface area contributed by atoms with E-state index in [1.165, 1.54) is 6.07 Å². The zero-order valence-corrected chi connectivity index (χ0v) is 21.6. The minimum Gasteiger partial charge on any atom is -0.507 e. The molecule has 9 nitrogen and oxygen atoms in total. The van der Waals surface area contributed by atoms with E-state index in [9.17, 15) is 14.7 Å². The van der Waals surface area contributed by atoms with Crippen molar-refractivity contribution in [3.8, 4) is 11.5 Å². The Bertz CT molecular complexity index is 1280. The number of phenols is 1. The number of esters is 1. The van der Waals surface area contributed by atoms with Gasteiger partial charge in [-0.05, 0) is 54.8 Å². The van der Waals surface area contributed by atoms with E-state index in [1.807, 2.05) is 19.1 Å².